The van der Waals surface area contributed by atoms with Crippen LogP contribution in [0.4, 0.5) is 4.79 Å². The highest BCUT2D eigenvalue weighted by atomic mass is 16.4. The van der Waals surface area contributed by atoms with Gasteiger partial charge < -0.3 is 20.7 Å². The van der Waals surface area contributed by atoms with Gasteiger partial charge in [0.1, 0.15) is 0 Å². The molecule has 1 heterocycles. The van der Waals surface area contributed by atoms with Gasteiger partial charge in [-0.25, -0.2) is 4.79 Å². The summed E-state index contributed by atoms with van der Waals surface area (Å²) >= 11 is 0. The standard InChI is InChI=1S/C22H37N.C7H14N2O2/c1-14-9-11-21(3)16(13-14)5-6-17-19-8-7-18(15(2)23)22(19,4)12-10-20(17)21;1-9(7(10)11)5-6-3-2-4-8-6/h14,16-20,23H,5-13H2,1-4H3;6,8H,2-5H2,1H3,(H,10,11). The van der Waals surface area contributed by atoms with Crippen molar-refractivity contribution < 1.29 is 9.90 Å². The number of carboxylic acid groups (broad SMARTS) is 1. The molecule has 3 N–H and O–H groups in total. The van der Waals surface area contributed by atoms with Gasteiger partial charge in [0.15, 0.2) is 0 Å². The van der Waals surface area contributed by atoms with Crippen molar-refractivity contribution in [2.24, 2.45) is 46.3 Å². The Hall–Kier alpha value is -1.10. The number of nitrogens with one attached hydrogen (secondary N) is 2. The number of hydrogen-bond acceptors (Lipinski definition) is 3. The van der Waals surface area contributed by atoms with Crippen LogP contribution in [-0.2, 0) is 0 Å². The maximum atomic E-state index is 10.4. The van der Waals surface area contributed by atoms with Crippen molar-refractivity contribution in [2.45, 2.75) is 104 Å². The average molecular weight is 474 g/mol. The number of amides is 1. The Morgan fingerprint density at radius 2 is 1.74 bits per heavy atom. The molecule has 0 aromatic rings. The van der Waals surface area contributed by atoms with Crippen LogP contribution >= 0.6 is 0 Å². The Morgan fingerprint density at radius 3 is 2.38 bits per heavy atom. The summed E-state index contributed by atoms with van der Waals surface area (Å²) in [6, 6.07) is 0.371. The Balaban J connectivity index is 0.000000210. The normalized spacial score (nSPS) is 45.3. The Kier molecular flexibility index (Phi) is 7.72. The summed E-state index contributed by atoms with van der Waals surface area (Å²) in [4.78, 5) is 11.7. The van der Waals surface area contributed by atoms with E-state index in [0.29, 0.717) is 29.3 Å². The highest BCUT2D eigenvalue weighted by Crippen LogP contribution is 2.67. The highest BCUT2D eigenvalue weighted by molar-refractivity contribution is 5.82. The molecular formula is C29H51N3O2. The Labute approximate surface area is 208 Å². The van der Waals surface area contributed by atoms with Crippen LogP contribution in [0.25, 0.3) is 0 Å². The molecule has 1 amide bonds. The van der Waals surface area contributed by atoms with Crippen molar-refractivity contribution in [3.63, 3.8) is 0 Å². The second-order valence-electron chi connectivity index (χ2n) is 13.4. The van der Waals surface area contributed by atoms with Crippen LogP contribution in [0.2, 0.25) is 0 Å². The van der Waals surface area contributed by atoms with E-state index in [0.717, 1.165) is 54.7 Å². The number of likely N-dealkylation sites (N-methyl/N-ethyl adjacent to an activating group) is 1. The van der Waals surface area contributed by atoms with E-state index < -0.39 is 6.09 Å². The van der Waals surface area contributed by atoms with Crippen LogP contribution in [0.3, 0.4) is 0 Å². The van der Waals surface area contributed by atoms with Gasteiger partial charge in [0.05, 0.1) is 0 Å². The molecule has 0 spiro atoms. The van der Waals surface area contributed by atoms with Gasteiger partial charge in [0.2, 0.25) is 0 Å². The zero-order valence-electron chi connectivity index (χ0n) is 22.5. The fraction of sp³-hybridized carbons (Fsp3) is 0.931. The second kappa shape index (κ2) is 10.1. The van der Waals surface area contributed by atoms with Gasteiger partial charge in [0.25, 0.3) is 0 Å². The third kappa shape index (κ3) is 4.80. The molecule has 34 heavy (non-hydrogen) atoms. The minimum atomic E-state index is -0.848. The quantitative estimate of drug-likeness (QED) is 0.401. The molecule has 5 nitrogen and oxygen atoms in total. The summed E-state index contributed by atoms with van der Waals surface area (Å²) in [5.74, 6) is 5.46. The van der Waals surface area contributed by atoms with Gasteiger partial charge in [-0.3, -0.25) is 0 Å². The van der Waals surface area contributed by atoms with E-state index in [1.54, 1.807) is 7.05 Å². The molecule has 5 heteroatoms. The lowest BCUT2D eigenvalue weighted by Crippen LogP contribution is -2.53. The molecule has 1 aliphatic heterocycles. The highest BCUT2D eigenvalue weighted by Gasteiger charge is 2.60. The van der Waals surface area contributed by atoms with E-state index >= 15 is 0 Å². The van der Waals surface area contributed by atoms with Crippen LogP contribution in [0.15, 0.2) is 0 Å². The fourth-order valence-electron chi connectivity index (χ4n) is 9.51. The first kappa shape index (κ1) is 26.0. The van der Waals surface area contributed by atoms with Crippen LogP contribution in [-0.4, -0.2) is 48.0 Å². The van der Waals surface area contributed by atoms with Gasteiger partial charge in [-0.05, 0) is 118 Å². The Morgan fingerprint density at radius 1 is 1.03 bits per heavy atom. The maximum Gasteiger partial charge on any atom is 0.407 e. The van der Waals surface area contributed by atoms with Crippen LogP contribution in [0.5, 0.6) is 0 Å². The lowest BCUT2D eigenvalue weighted by molar-refractivity contribution is -0.113. The van der Waals surface area contributed by atoms with E-state index in [4.69, 9.17) is 10.5 Å². The molecule has 0 aromatic heterocycles. The average Bonchev–Trinajstić information content (AvgIpc) is 3.41. The van der Waals surface area contributed by atoms with Crippen LogP contribution in [0, 0.1) is 51.7 Å². The van der Waals surface area contributed by atoms with Crippen molar-refractivity contribution in [2.75, 3.05) is 20.1 Å². The van der Waals surface area contributed by atoms with Crippen molar-refractivity contribution in [3.8, 4) is 0 Å². The first-order valence-electron chi connectivity index (χ1n) is 14.3. The second-order valence-corrected chi connectivity index (χ2v) is 13.4. The van der Waals surface area contributed by atoms with Crippen LogP contribution < -0.4 is 5.32 Å². The summed E-state index contributed by atoms with van der Waals surface area (Å²) in [5.41, 5.74) is 2.08. The summed E-state index contributed by atoms with van der Waals surface area (Å²) < 4.78 is 0. The van der Waals surface area contributed by atoms with Crippen LogP contribution in [0.1, 0.15) is 98.3 Å². The molecule has 0 aromatic carbocycles. The van der Waals surface area contributed by atoms with Crippen molar-refractivity contribution in [1.82, 2.24) is 10.2 Å². The van der Waals surface area contributed by atoms with E-state index in [1.807, 2.05) is 0 Å². The summed E-state index contributed by atoms with van der Waals surface area (Å²) in [7, 11) is 1.60. The molecule has 0 radical (unpaired) electrons. The van der Waals surface area contributed by atoms with Gasteiger partial charge in [0, 0.05) is 31.3 Å². The minimum Gasteiger partial charge on any atom is -0.465 e. The summed E-state index contributed by atoms with van der Waals surface area (Å²) in [6.07, 6.45) is 14.5. The number of carbonyl (C=O) groups is 1. The fourth-order valence-corrected chi connectivity index (χ4v) is 9.51. The Bertz CT molecular complexity index is 750. The molecule has 1 saturated heterocycles. The minimum absolute atomic E-state index is 0.371. The molecule has 0 bridgehead atoms. The third-order valence-electron chi connectivity index (χ3n) is 11.4. The lowest BCUT2D eigenvalue weighted by Gasteiger charge is -2.61. The SMILES string of the molecule is CC(=N)C1CCC2C3CCC4CC(C)CCC4(C)C3CCC12C.CN(CC1CCCN1)C(=O)O. The number of fused-ring (bicyclic) bond motifs is 5. The maximum absolute atomic E-state index is 10.4. The van der Waals surface area contributed by atoms with E-state index in [2.05, 4.69) is 33.0 Å². The van der Waals surface area contributed by atoms with Gasteiger partial charge in [-0.15, -0.1) is 0 Å². The largest absolute Gasteiger partial charge is 0.465 e. The zero-order valence-corrected chi connectivity index (χ0v) is 22.5. The smallest absolute Gasteiger partial charge is 0.407 e. The third-order valence-corrected chi connectivity index (χ3v) is 11.4. The first-order chi connectivity index (χ1) is 16.1. The predicted molar refractivity (Wildman–Crippen MR) is 139 cm³/mol. The molecule has 9 atom stereocenters. The number of nitrogens with zero attached hydrogens (tertiary/aromatic N) is 1. The number of rotatable bonds is 3. The topological polar surface area (TPSA) is 76.4 Å². The van der Waals surface area contributed by atoms with E-state index in [1.165, 1.54) is 62.7 Å². The monoisotopic (exact) mass is 473 g/mol. The van der Waals surface area contributed by atoms with Gasteiger partial charge >= 0.3 is 6.09 Å². The van der Waals surface area contributed by atoms with E-state index in [9.17, 15) is 4.79 Å². The molecule has 4 saturated carbocycles. The summed E-state index contributed by atoms with van der Waals surface area (Å²) in [5, 5.41) is 20.1. The van der Waals surface area contributed by atoms with Gasteiger partial charge in [-0.1, -0.05) is 27.2 Å². The van der Waals surface area contributed by atoms with Gasteiger partial charge in [-0.2, -0.15) is 0 Å². The molecule has 194 valence electrons. The van der Waals surface area contributed by atoms with Crippen molar-refractivity contribution >= 4 is 11.8 Å². The molecule has 5 fully saturated rings. The van der Waals surface area contributed by atoms with Crippen molar-refractivity contribution in [1.29, 1.82) is 5.41 Å². The molecule has 4 aliphatic carbocycles. The van der Waals surface area contributed by atoms with Crippen molar-refractivity contribution in [3.05, 3.63) is 0 Å². The predicted octanol–water partition coefficient (Wildman–Crippen LogP) is 6.67. The molecular weight excluding hydrogens is 422 g/mol. The summed E-state index contributed by atoms with van der Waals surface area (Å²) in [6.45, 7) is 11.4. The van der Waals surface area contributed by atoms with E-state index in [-0.39, 0.29) is 0 Å². The molecule has 9 unspecified atom stereocenters. The lowest BCUT2D eigenvalue weighted by atomic mass is 9.44. The zero-order chi connectivity index (χ0) is 24.7. The molecule has 5 rings (SSSR count). The first-order valence-corrected chi connectivity index (χ1v) is 14.3. The molecule has 5 aliphatic rings. The number of hydrogen-bond donors (Lipinski definition) is 3.